The zero-order chi connectivity index (χ0) is 31.9. The summed E-state index contributed by atoms with van der Waals surface area (Å²) >= 11 is 19.3. The molecule has 0 bridgehead atoms. The van der Waals surface area contributed by atoms with Crippen molar-refractivity contribution in [3.05, 3.63) is 91.7 Å². The van der Waals surface area contributed by atoms with Crippen LogP contribution in [0, 0.1) is 11.6 Å². The van der Waals surface area contributed by atoms with E-state index in [1.54, 1.807) is 23.1 Å². The average molecular weight is 680 g/mol. The molecule has 0 amide bonds. The molecule has 0 spiro atoms. The fourth-order valence-corrected chi connectivity index (χ4v) is 6.28. The summed E-state index contributed by atoms with van der Waals surface area (Å²) in [4.78, 5) is 17.1. The summed E-state index contributed by atoms with van der Waals surface area (Å²) in [5.74, 6) is -0.149. The van der Waals surface area contributed by atoms with Gasteiger partial charge in [-0.15, -0.1) is 0 Å². The normalized spacial score (nSPS) is 15.6. The molecule has 6 rings (SSSR count). The lowest BCUT2D eigenvalue weighted by Gasteiger charge is -2.47. The van der Waals surface area contributed by atoms with Crippen molar-refractivity contribution in [3.63, 3.8) is 0 Å². The standard InChI is InChI=1S/C31H27Cl3F2N4O5/c1-43-26(41)12-37-10-16-6-25(36)30(38-11-16)40-14-31(42,15-40)21-5-4-19(9-22(21)32)44-13-20-28(39-45-29(20)17-2-3-17)27-23(33)7-18(35)8-24(27)34/h4-9,11,17,37,42H,2-3,10,12-15H2,1H3. The number of benzene rings is 2. The van der Waals surface area contributed by atoms with E-state index in [0.29, 0.717) is 39.5 Å². The summed E-state index contributed by atoms with van der Waals surface area (Å²) in [7, 11) is 1.29. The van der Waals surface area contributed by atoms with E-state index >= 15 is 0 Å². The van der Waals surface area contributed by atoms with Crippen LogP contribution >= 0.6 is 34.8 Å². The highest BCUT2D eigenvalue weighted by atomic mass is 35.5. The molecule has 236 valence electrons. The van der Waals surface area contributed by atoms with Gasteiger partial charge in [0.15, 0.2) is 11.6 Å². The monoisotopic (exact) mass is 678 g/mol. The van der Waals surface area contributed by atoms with Crippen molar-refractivity contribution in [2.45, 2.75) is 37.5 Å². The molecule has 2 aromatic carbocycles. The van der Waals surface area contributed by atoms with Crippen molar-refractivity contribution in [2.24, 2.45) is 0 Å². The number of nitrogens with zero attached hydrogens (tertiary/aromatic N) is 3. The molecule has 2 aliphatic rings. The molecule has 1 saturated carbocycles. The molecule has 9 nitrogen and oxygen atoms in total. The first-order valence-corrected chi connectivity index (χ1v) is 15.1. The number of carbonyl (C=O) groups excluding carboxylic acids is 1. The second kappa shape index (κ2) is 12.7. The molecule has 4 aromatic rings. The Balaban J connectivity index is 1.12. The van der Waals surface area contributed by atoms with Crippen LogP contribution in [0.2, 0.25) is 15.1 Å². The summed E-state index contributed by atoms with van der Waals surface area (Å²) in [5.41, 5.74) is 1.08. The minimum absolute atomic E-state index is 0.00751. The Kier molecular flexibility index (Phi) is 8.91. The van der Waals surface area contributed by atoms with Crippen molar-refractivity contribution < 1.29 is 32.7 Å². The van der Waals surface area contributed by atoms with Crippen LogP contribution < -0.4 is 15.0 Å². The number of hydrogen-bond donors (Lipinski definition) is 2. The number of nitrogens with one attached hydrogen (secondary N) is 1. The van der Waals surface area contributed by atoms with Gasteiger partial charge in [0.25, 0.3) is 0 Å². The number of aliphatic hydroxyl groups is 1. The van der Waals surface area contributed by atoms with Gasteiger partial charge in [0, 0.05) is 29.8 Å². The molecule has 2 aromatic heterocycles. The highest BCUT2D eigenvalue weighted by Crippen LogP contribution is 2.46. The van der Waals surface area contributed by atoms with Gasteiger partial charge in [0.1, 0.15) is 35.2 Å². The summed E-state index contributed by atoms with van der Waals surface area (Å²) in [5, 5.41) is 18.8. The number of anilines is 1. The molecule has 2 N–H and O–H groups in total. The number of pyridine rings is 1. The summed E-state index contributed by atoms with van der Waals surface area (Å²) in [6.07, 6.45) is 3.40. The number of methoxy groups -OCH3 is 1. The third-order valence-corrected chi connectivity index (χ3v) is 8.65. The fraction of sp³-hybridized carbons (Fsp3) is 0.323. The summed E-state index contributed by atoms with van der Waals surface area (Å²) in [6, 6.07) is 8.59. The number of hydrogen-bond acceptors (Lipinski definition) is 9. The molecule has 1 aliphatic heterocycles. The number of rotatable bonds is 11. The zero-order valence-electron chi connectivity index (χ0n) is 23.9. The van der Waals surface area contributed by atoms with Crippen molar-refractivity contribution in [1.82, 2.24) is 15.5 Å². The van der Waals surface area contributed by atoms with E-state index < -0.39 is 23.2 Å². The van der Waals surface area contributed by atoms with Crippen LogP contribution in [-0.2, 0) is 28.3 Å². The lowest BCUT2D eigenvalue weighted by Crippen LogP contribution is -2.60. The second-order valence-corrected chi connectivity index (χ2v) is 12.3. The first-order chi connectivity index (χ1) is 21.6. The topological polar surface area (TPSA) is 110 Å². The zero-order valence-corrected chi connectivity index (χ0v) is 26.1. The third kappa shape index (κ3) is 6.59. The Morgan fingerprint density at radius 2 is 1.87 bits per heavy atom. The number of carbonyl (C=O) groups is 1. The lowest BCUT2D eigenvalue weighted by molar-refractivity contribution is -0.139. The van der Waals surface area contributed by atoms with Crippen molar-refractivity contribution >= 4 is 46.6 Å². The molecule has 1 aliphatic carbocycles. The van der Waals surface area contributed by atoms with Crippen LogP contribution in [0.4, 0.5) is 14.6 Å². The lowest BCUT2D eigenvalue weighted by atomic mass is 9.86. The van der Waals surface area contributed by atoms with Gasteiger partial charge in [-0.1, -0.05) is 46.0 Å². The van der Waals surface area contributed by atoms with Crippen molar-refractivity contribution in [1.29, 1.82) is 0 Å². The van der Waals surface area contributed by atoms with Gasteiger partial charge in [0.05, 0.1) is 47.4 Å². The van der Waals surface area contributed by atoms with Crippen LogP contribution in [0.25, 0.3) is 11.3 Å². The maximum atomic E-state index is 14.9. The molecule has 0 unspecified atom stereocenters. The molecule has 3 heterocycles. The van der Waals surface area contributed by atoms with Gasteiger partial charge in [0.2, 0.25) is 0 Å². The molecule has 1 saturated heterocycles. The molecule has 14 heteroatoms. The summed E-state index contributed by atoms with van der Waals surface area (Å²) < 4.78 is 45.0. The van der Waals surface area contributed by atoms with Gasteiger partial charge in [-0.3, -0.25) is 4.79 Å². The first kappa shape index (κ1) is 31.5. The number of ether oxygens (including phenoxy) is 2. The van der Waals surface area contributed by atoms with E-state index in [1.807, 2.05) is 0 Å². The second-order valence-electron chi connectivity index (χ2n) is 11.0. The number of aromatic nitrogens is 2. The highest BCUT2D eigenvalue weighted by molar-refractivity contribution is 6.39. The van der Waals surface area contributed by atoms with E-state index in [0.717, 1.165) is 25.0 Å². The van der Waals surface area contributed by atoms with Crippen LogP contribution in [0.1, 0.15) is 41.2 Å². The molecule has 45 heavy (non-hydrogen) atoms. The van der Waals surface area contributed by atoms with Gasteiger partial charge in [-0.05, 0) is 48.7 Å². The van der Waals surface area contributed by atoms with Crippen molar-refractivity contribution in [2.75, 3.05) is 31.6 Å². The number of esters is 1. The van der Waals surface area contributed by atoms with E-state index in [1.165, 1.54) is 19.4 Å². The predicted molar refractivity (Wildman–Crippen MR) is 164 cm³/mol. The largest absolute Gasteiger partial charge is 0.489 e. The van der Waals surface area contributed by atoms with Crippen LogP contribution in [0.5, 0.6) is 5.75 Å². The highest BCUT2D eigenvalue weighted by Gasteiger charge is 2.45. The van der Waals surface area contributed by atoms with E-state index in [4.69, 9.17) is 44.1 Å². The number of halogens is 5. The molecular formula is C31H27Cl3F2N4O5. The fourth-order valence-electron chi connectivity index (χ4n) is 5.30. The maximum Gasteiger partial charge on any atom is 0.319 e. The van der Waals surface area contributed by atoms with Crippen LogP contribution in [0.15, 0.2) is 47.1 Å². The molecule has 2 fully saturated rings. The number of β-amino-alcohol motifs (C(OH)–C–C–N with tert-alkyl or cyclic N) is 1. The third-order valence-electron chi connectivity index (χ3n) is 7.74. The van der Waals surface area contributed by atoms with Crippen LogP contribution in [0.3, 0.4) is 0 Å². The smallest absolute Gasteiger partial charge is 0.319 e. The Morgan fingerprint density at radius 3 is 2.51 bits per heavy atom. The Morgan fingerprint density at radius 1 is 1.13 bits per heavy atom. The average Bonchev–Trinajstić information content (AvgIpc) is 3.74. The quantitative estimate of drug-likeness (QED) is 0.174. The minimum atomic E-state index is -1.33. The Bertz CT molecular complexity index is 1740. The predicted octanol–water partition coefficient (Wildman–Crippen LogP) is 6.40. The van der Waals surface area contributed by atoms with Crippen molar-refractivity contribution in [3.8, 4) is 17.0 Å². The maximum absolute atomic E-state index is 14.9. The van der Waals surface area contributed by atoms with E-state index in [9.17, 15) is 18.7 Å². The van der Waals surface area contributed by atoms with E-state index in [-0.39, 0.29) is 59.6 Å². The van der Waals surface area contributed by atoms with Gasteiger partial charge < -0.3 is 29.3 Å². The van der Waals surface area contributed by atoms with Gasteiger partial charge in [-0.2, -0.15) is 0 Å². The van der Waals surface area contributed by atoms with E-state index in [2.05, 4.69) is 20.2 Å². The SMILES string of the molecule is COC(=O)CNCc1cnc(N2CC(O)(c3ccc(OCc4c(-c5c(Cl)cc(F)cc5Cl)noc4C4CC4)cc3Cl)C2)c(F)c1. The Hall–Kier alpha value is -3.48. The molecule has 0 atom stereocenters. The molecule has 0 radical (unpaired) electrons. The first-order valence-electron chi connectivity index (χ1n) is 14.0. The van der Waals surface area contributed by atoms with Gasteiger partial charge in [-0.25, -0.2) is 13.8 Å². The summed E-state index contributed by atoms with van der Waals surface area (Å²) in [6.45, 7) is 0.435. The Labute approximate surface area is 272 Å². The van der Waals surface area contributed by atoms with Gasteiger partial charge >= 0.3 is 5.97 Å². The van der Waals surface area contributed by atoms with Crippen LogP contribution in [-0.4, -0.2) is 48.0 Å². The molecular weight excluding hydrogens is 653 g/mol. The minimum Gasteiger partial charge on any atom is -0.489 e.